The lowest BCUT2D eigenvalue weighted by Gasteiger charge is -1.94. The van der Waals surface area contributed by atoms with Gasteiger partial charge in [-0.1, -0.05) is 23.7 Å². The summed E-state index contributed by atoms with van der Waals surface area (Å²) in [5, 5.41) is 0.765. The van der Waals surface area contributed by atoms with E-state index in [1.807, 2.05) is 50.8 Å². The molecule has 3 heteroatoms. The number of hydrogen-bond acceptors (Lipinski definition) is 0. The van der Waals surface area contributed by atoms with Gasteiger partial charge in [0.25, 0.3) is 5.82 Å². The van der Waals surface area contributed by atoms with E-state index in [9.17, 15) is 0 Å². The topological polar surface area (TPSA) is 8.81 Å². The second-order valence-corrected chi connectivity index (χ2v) is 4.20. The van der Waals surface area contributed by atoms with Crippen molar-refractivity contribution in [1.29, 1.82) is 0 Å². The maximum atomic E-state index is 5.83. The van der Waals surface area contributed by atoms with E-state index in [2.05, 4.69) is 21.3 Å². The highest BCUT2D eigenvalue weighted by atomic mass is 35.5. The van der Waals surface area contributed by atoms with Crippen molar-refractivity contribution < 1.29 is 4.57 Å². The summed E-state index contributed by atoms with van der Waals surface area (Å²) >= 11 is 5.83. The lowest BCUT2D eigenvalue weighted by atomic mass is 10.2. The zero-order valence-electron chi connectivity index (χ0n) is 9.39. The number of aromatic nitrogens is 2. The highest BCUT2D eigenvalue weighted by Gasteiger charge is 2.05. The fourth-order valence-corrected chi connectivity index (χ4v) is 1.71. The van der Waals surface area contributed by atoms with E-state index in [1.165, 1.54) is 0 Å². The first kappa shape index (κ1) is 11.0. The predicted molar refractivity (Wildman–Crippen MR) is 67.0 cm³/mol. The van der Waals surface area contributed by atoms with Crippen LogP contribution >= 0.6 is 11.6 Å². The van der Waals surface area contributed by atoms with Crippen LogP contribution in [0.2, 0.25) is 5.02 Å². The van der Waals surface area contributed by atoms with E-state index in [1.54, 1.807) is 0 Å². The smallest absolute Gasteiger partial charge is 0.233 e. The van der Waals surface area contributed by atoms with Gasteiger partial charge in [-0.3, -0.25) is 0 Å². The molecule has 0 bridgehead atoms. The maximum Gasteiger partial charge on any atom is 0.280 e. The fourth-order valence-electron chi connectivity index (χ4n) is 1.58. The molecule has 0 saturated carbocycles. The summed E-state index contributed by atoms with van der Waals surface area (Å²) in [6.07, 6.45) is 8.22. The van der Waals surface area contributed by atoms with Crippen LogP contribution in [0.5, 0.6) is 0 Å². The first-order valence-corrected chi connectivity index (χ1v) is 5.49. The molecule has 1 heterocycles. The molecule has 0 atom stereocenters. The van der Waals surface area contributed by atoms with E-state index in [0.717, 1.165) is 16.4 Å². The Morgan fingerprint density at radius 3 is 2.44 bits per heavy atom. The summed E-state index contributed by atoms with van der Waals surface area (Å²) in [5.74, 6) is 1.15. The molecule has 16 heavy (non-hydrogen) atoms. The molecule has 0 radical (unpaired) electrons. The van der Waals surface area contributed by atoms with Gasteiger partial charge in [-0.2, -0.15) is 0 Å². The highest BCUT2D eigenvalue weighted by Crippen LogP contribution is 2.11. The maximum absolute atomic E-state index is 5.83. The number of benzene rings is 1. The predicted octanol–water partition coefficient (Wildman–Crippen LogP) is 2.67. The van der Waals surface area contributed by atoms with Crippen LogP contribution < -0.4 is 4.57 Å². The van der Waals surface area contributed by atoms with Gasteiger partial charge < -0.3 is 0 Å². The summed E-state index contributed by atoms with van der Waals surface area (Å²) in [7, 11) is 4.06. The molecule has 0 aliphatic rings. The van der Waals surface area contributed by atoms with E-state index in [0.29, 0.717) is 0 Å². The van der Waals surface area contributed by atoms with Gasteiger partial charge in [0.2, 0.25) is 0 Å². The van der Waals surface area contributed by atoms with E-state index >= 15 is 0 Å². The van der Waals surface area contributed by atoms with Crippen molar-refractivity contribution in [2.75, 3.05) is 0 Å². The summed E-state index contributed by atoms with van der Waals surface area (Å²) < 4.78 is 4.15. The van der Waals surface area contributed by atoms with Gasteiger partial charge in [0.15, 0.2) is 0 Å². The third kappa shape index (κ3) is 2.34. The van der Waals surface area contributed by atoms with Gasteiger partial charge in [0.1, 0.15) is 12.4 Å². The molecular weight excluding hydrogens is 220 g/mol. The van der Waals surface area contributed by atoms with Crippen molar-refractivity contribution in [3.63, 3.8) is 0 Å². The number of hydrogen-bond donors (Lipinski definition) is 0. The van der Waals surface area contributed by atoms with Gasteiger partial charge in [-0.05, 0) is 23.8 Å². The Hall–Kier alpha value is -1.54. The largest absolute Gasteiger partial charge is 0.280 e. The molecule has 0 saturated heterocycles. The van der Waals surface area contributed by atoms with E-state index in [-0.39, 0.29) is 0 Å². The van der Waals surface area contributed by atoms with Crippen molar-refractivity contribution in [3.05, 3.63) is 53.1 Å². The van der Waals surface area contributed by atoms with Gasteiger partial charge in [0.05, 0.1) is 14.1 Å². The Labute approximate surface area is 100 Å². The molecule has 2 nitrogen and oxygen atoms in total. The monoisotopic (exact) mass is 233 g/mol. The minimum atomic E-state index is 0.765. The van der Waals surface area contributed by atoms with Crippen LogP contribution in [0.4, 0.5) is 0 Å². The molecular formula is C13H14ClN2+. The van der Waals surface area contributed by atoms with Crippen LogP contribution in [0.15, 0.2) is 36.7 Å². The van der Waals surface area contributed by atoms with Crippen LogP contribution in [0, 0.1) is 0 Å². The zero-order valence-corrected chi connectivity index (χ0v) is 10.1. The Morgan fingerprint density at radius 2 is 1.88 bits per heavy atom. The normalized spacial score (nSPS) is 11.2. The number of nitrogens with zero attached hydrogens (tertiary/aromatic N) is 2. The molecule has 0 aliphatic carbocycles. The van der Waals surface area contributed by atoms with E-state index < -0.39 is 0 Å². The summed E-state index contributed by atoms with van der Waals surface area (Å²) in [6.45, 7) is 0. The van der Waals surface area contributed by atoms with Crippen LogP contribution in [0.25, 0.3) is 12.2 Å². The zero-order chi connectivity index (χ0) is 11.5. The number of imidazole rings is 1. The summed E-state index contributed by atoms with van der Waals surface area (Å²) in [6, 6.07) is 7.79. The Bertz CT molecular complexity index is 490. The molecule has 0 aliphatic heterocycles. The molecule has 0 N–H and O–H groups in total. The molecule has 82 valence electrons. The standard InChI is InChI=1S/C13H14ClN2/c1-15-9-10-16(2)13(15)8-5-11-3-6-12(14)7-4-11/h3-10H,1-2H3/q+1. The summed E-state index contributed by atoms with van der Waals surface area (Å²) in [4.78, 5) is 0. The SMILES string of the molecule is Cn1cc[n+](C)c1C=Cc1ccc(Cl)cc1. The third-order valence-electron chi connectivity index (χ3n) is 2.53. The van der Waals surface area contributed by atoms with Gasteiger partial charge in [-0.25, -0.2) is 9.13 Å². The van der Waals surface area contributed by atoms with Gasteiger partial charge >= 0.3 is 0 Å². The molecule has 0 spiro atoms. The molecule has 1 aromatic heterocycles. The van der Waals surface area contributed by atoms with E-state index in [4.69, 9.17) is 11.6 Å². The molecule has 0 unspecified atom stereocenters. The first-order chi connectivity index (χ1) is 7.66. The van der Waals surface area contributed by atoms with Crippen molar-refractivity contribution >= 4 is 23.8 Å². The van der Waals surface area contributed by atoms with Crippen LogP contribution in [0.1, 0.15) is 11.4 Å². The van der Waals surface area contributed by atoms with Crippen molar-refractivity contribution in [3.8, 4) is 0 Å². The quantitative estimate of drug-likeness (QED) is 0.706. The minimum Gasteiger partial charge on any atom is -0.233 e. The third-order valence-corrected chi connectivity index (χ3v) is 2.78. The Balaban J connectivity index is 2.24. The highest BCUT2D eigenvalue weighted by molar-refractivity contribution is 6.30. The first-order valence-electron chi connectivity index (χ1n) is 5.11. The van der Waals surface area contributed by atoms with Crippen LogP contribution in [-0.4, -0.2) is 4.57 Å². The van der Waals surface area contributed by atoms with Gasteiger partial charge in [0, 0.05) is 11.1 Å². The lowest BCUT2D eigenvalue weighted by molar-refractivity contribution is -0.672. The average Bonchev–Trinajstić information content (AvgIpc) is 2.59. The molecule has 0 fully saturated rings. The molecule has 1 aromatic carbocycles. The second kappa shape index (κ2) is 4.54. The molecule has 2 rings (SSSR count). The summed E-state index contributed by atoms with van der Waals surface area (Å²) in [5.41, 5.74) is 1.14. The minimum absolute atomic E-state index is 0.765. The van der Waals surface area contributed by atoms with Crippen LogP contribution in [-0.2, 0) is 14.1 Å². The molecule has 2 aromatic rings. The molecule has 0 amide bonds. The van der Waals surface area contributed by atoms with Crippen molar-refractivity contribution in [2.45, 2.75) is 0 Å². The fraction of sp³-hybridized carbons (Fsp3) is 0.154. The Kier molecular flexibility index (Phi) is 3.11. The number of rotatable bonds is 2. The van der Waals surface area contributed by atoms with Crippen molar-refractivity contribution in [2.24, 2.45) is 14.1 Å². The van der Waals surface area contributed by atoms with Crippen molar-refractivity contribution in [1.82, 2.24) is 4.57 Å². The second-order valence-electron chi connectivity index (χ2n) is 3.76. The number of aryl methyl sites for hydroxylation is 2. The number of halogens is 1. The van der Waals surface area contributed by atoms with Crippen LogP contribution in [0.3, 0.4) is 0 Å². The van der Waals surface area contributed by atoms with Gasteiger partial charge in [-0.15, -0.1) is 0 Å². The lowest BCUT2D eigenvalue weighted by Crippen LogP contribution is -2.29. The Morgan fingerprint density at radius 1 is 1.19 bits per heavy atom. The average molecular weight is 234 g/mol.